The molecule has 104 valence electrons. The Labute approximate surface area is 118 Å². The first-order valence-electron chi connectivity index (χ1n) is 6.52. The molecule has 5 nitrogen and oxygen atoms in total. The van der Waals surface area contributed by atoms with Crippen LogP contribution in [0.1, 0.15) is 18.4 Å². The van der Waals surface area contributed by atoms with Crippen molar-refractivity contribution >= 4 is 0 Å². The summed E-state index contributed by atoms with van der Waals surface area (Å²) in [6, 6.07) is 1.86. The van der Waals surface area contributed by atoms with Crippen LogP contribution in [0.4, 0.5) is 0 Å². The van der Waals surface area contributed by atoms with Crippen LogP contribution in [0.15, 0.2) is 37.2 Å². The van der Waals surface area contributed by atoms with Crippen molar-refractivity contribution in [3.05, 3.63) is 42.7 Å². The number of aromatic nitrogens is 3. The van der Waals surface area contributed by atoms with Gasteiger partial charge in [0.05, 0.1) is 25.7 Å². The Bertz CT molecular complexity index is 570. The molecule has 0 atom stereocenters. The van der Waals surface area contributed by atoms with Gasteiger partial charge in [-0.25, -0.2) is 4.98 Å². The lowest BCUT2D eigenvalue weighted by Crippen LogP contribution is -2.03. The van der Waals surface area contributed by atoms with Crippen molar-refractivity contribution < 1.29 is 9.84 Å². The third kappa shape index (κ3) is 4.75. The van der Waals surface area contributed by atoms with Crippen molar-refractivity contribution in [1.29, 1.82) is 0 Å². The molecule has 1 N–H and O–H groups in total. The molecule has 0 saturated carbocycles. The Morgan fingerprint density at radius 1 is 1.30 bits per heavy atom. The summed E-state index contributed by atoms with van der Waals surface area (Å²) in [5, 5.41) is 8.67. The predicted octanol–water partition coefficient (Wildman–Crippen LogP) is 1.48. The summed E-state index contributed by atoms with van der Waals surface area (Å²) in [6.45, 7) is 1.57. The van der Waals surface area contributed by atoms with Crippen molar-refractivity contribution in [2.24, 2.45) is 0 Å². The van der Waals surface area contributed by atoms with Crippen molar-refractivity contribution in [3.63, 3.8) is 0 Å². The van der Waals surface area contributed by atoms with E-state index in [2.05, 4.69) is 21.8 Å². The molecule has 0 spiro atoms. The molecule has 5 heteroatoms. The van der Waals surface area contributed by atoms with Crippen LogP contribution >= 0.6 is 0 Å². The minimum Gasteiger partial charge on any atom is -0.492 e. The zero-order chi connectivity index (χ0) is 14.0. The monoisotopic (exact) mass is 271 g/mol. The molecule has 0 fully saturated rings. The molecule has 0 aliphatic rings. The van der Waals surface area contributed by atoms with Crippen LogP contribution in [-0.4, -0.2) is 32.9 Å². The maximum absolute atomic E-state index is 8.67. The number of aryl methyl sites for hydroxylation is 1. The lowest BCUT2D eigenvalue weighted by Gasteiger charge is -2.06. The third-order valence-electron chi connectivity index (χ3n) is 2.57. The van der Waals surface area contributed by atoms with Crippen LogP contribution in [0.5, 0.6) is 5.75 Å². The van der Waals surface area contributed by atoms with E-state index in [-0.39, 0.29) is 6.61 Å². The van der Waals surface area contributed by atoms with E-state index in [4.69, 9.17) is 9.84 Å². The maximum atomic E-state index is 8.67. The first kappa shape index (κ1) is 14.1. The van der Waals surface area contributed by atoms with Crippen molar-refractivity contribution in [3.8, 4) is 17.6 Å². The van der Waals surface area contributed by atoms with Crippen LogP contribution in [0.25, 0.3) is 0 Å². The third-order valence-corrected chi connectivity index (χ3v) is 2.57. The SMILES string of the molecule is OCCC#Cc1cncc(OCCCn2ccnc2)c1. The molecular formula is C15H17N3O2. The Balaban J connectivity index is 1.78. The first-order chi connectivity index (χ1) is 9.88. The summed E-state index contributed by atoms with van der Waals surface area (Å²) >= 11 is 0. The van der Waals surface area contributed by atoms with Gasteiger partial charge in [0.25, 0.3) is 0 Å². The summed E-state index contributed by atoms with van der Waals surface area (Å²) in [5.74, 6) is 6.51. The highest BCUT2D eigenvalue weighted by Crippen LogP contribution is 2.10. The molecule has 0 unspecified atom stereocenters. The molecule has 2 aromatic heterocycles. The lowest BCUT2D eigenvalue weighted by molar-refractivity contribution is 0.300. The highest BCUT2D eigenvalue weighted by atomic mass is 16.5. The van der Waals surface area contributed by atoms with Crippen LogP contribution in [0.3, 0.4) is 0 Å². The molecule has 0 aromatic carbocycles. The van der Waals surface area contributed by atoms with Gasteiger partial charge in [-0.15, -0.1) is 0 Å². The van der Waals surface area contributed by atoms with Crippen molar-refractivity contribution in [2.75, 3.05) is 13.2 Å². The fraction of sp³-hybridized carbons (Fsp3) is 0.333. The van der Waals surface area contributed by atoms with E-state index >= 15 is 0 Å². The molecule has 2 aromatic rings. The molecule has 0 saturated heterocycles. The molecule has 2 rings (SSSR count). The van der Waals surface area contributed by atoms with E-state index in [1.807, 2.05) is 16.8 Å². The van der Waals surface area contributed by atoms with Gasteiger partial charge >= 0.3 is 0 Å². The Morgan fingerprint density at radius 3 is 3.05 bits per heavy atom. The number of nitrogens with zero attached hydrogens (tertiary/aromatic N) is 3. The van der Waals surface area contributed by atoms with E-state index in [9.17, 15) is 0 Å². The van der Waals surface area contributed by atoms with Crippen LogP contribution in [-0.2, 0) is 6.54 Å². The second-order valence-corrected chi connectivity index (χ2v) is 4.19. The van der Waals surface area contributed by atoms with Gasteiger partial charge in [-0.3, -0.25) is 4.98 Å². The summed E-state index contributed by atoms with van der Waals surface area (Å²) in [5.41, 5.74) is 0.797. The molecular weight excluding hydrogens is 254 g/mol. The Morgan fingerprint density at radius 2 is 2.25 bits per heavy atom. The standard InChI is InChI=1S/C15H17N3O2/c19-8-2-1-4-14-10-15(12-17-11-14)20-9-3-6-18-7-5-16-13-18/h5,7,10-13,19H,2-3,6,8-9H2. The summed E-state index contributed by atoms with van der Waals surface area (Å²) < 4.78 is 7.65. The van der Waals surface area contributed by atoms with Crippen LogP contribution in [0, 0.1) is 11.8 Å². The largest absolute Gasteiger partial charge is 0.492 e. The summed E-state index contributed by atoms with van der Waals surface area (Å²) in [4.78, 5) is 8.07. The zero-order valence-electron chi connectivity index (χ0n) is 11.2. The second kappa shape index (κ2) is 7.97. The van der Waals surface area contributed by atoms with Gasteiger partial charge in [0.15, 0.2) is 0 Å². The number of aliphatic hydroxyl groups excluding tert-OH is 1. The molecule has 0 bridgehead atoms. The van der Waals surface area contributed by atoms with Gasteiger partial charge in [-0.2, -0.15) is 0 Å². The molecule has 0 radical (unpaired) electrons. The minimum atomic E-state index is 0.0743. The number of hydrogen-bond acceptors (Lipinski definition) is 4. The lowest BCUT2D eigenvalue weighted by atomic mass is 10.2. The number of aliphatic hydroxyl groups is 1. The number of pyridine rings is 1. The zero-order valence-corrected chi connectivity index (χ0v) is 11.2. The molecule has 2 heterocycles. The second-order valence-electron chi connectivity index (χ2n) is 4.19. The van der Waals surface area contributed by atoms with Gasteiger partial charge in [-0.05, 0) is 12.5 Å². The minimum absolute atomic E-state index is 0.0743. The number of imidazole rings is 1. The Kier molecular flexibility index (Phi) is 5.62. The highest BCUT2D eigenvalue weighted by Gasteiger charge is 1.97. The van der Waals surface area contributed by atoms with E-state index in [1.165, 1.54) is 0 Å². The van der Waals surface area contributed by atoms with Gasteiger partial charge in [0.1, 0.15) is 5.75 Å². The smallest absolute Gasteiger partial charge is 0.138 e. The van der Waals surface area contributed by atoms with Gasteiger partial charge in [0, 0.05) is 37.1 Å². The fourth-order valence-corrected chi connectivity index (χ4v) is 1.64. The molecule has 20 heavy (non-hydrogen) atoms. The van der Waals surface area contributed by atoms with E-state index in [1.54, 1.807) is 24.9 Å². The molecule has 0 amide bonds. The topological polar surface area (TPSA) is 60.2 Å². The number of ether oxygens (including phenoxy) is 1. The van der Waals surface area contributed by atoms with E-state index < -0.39 is 0 Å². The maximum Gasteiger partial charge on any atom is 0.138 e. The number of hydrogen-bond donors (Lipinski definition) is 1. The average molecular weight is 271 g/mol. The van der Waals surface area contributed by atoms with Gasteiger partial charge < -0.3 is 14.4 Å². The van der Waals surface area contributed by atoms with E-state index in [0.717, 1.165) is 18.5 Å². The molecule has 0 aliphatic heterocycles. The van der Waals surface area contributed by atoms with Gasteiger partial charge in [-0.1, -0.05) is 11.8 Å². The van der Waals surface area contributed by atoms with Crippen molar-refractivity contribution in [2.45, 2.75) is 19.4 Å². The summed E-state index contributed by atoms with van der Waals surface area (Å²) in [6.07, 6.45) is 10.2. The van der Waals surface area contributed by atoms with Gasteiger partial charge in [0.2, 0.25) is 0 Å². The Hall–Kier alpha value is -2.32. The van der Waals surface area contributed by atoms with E-state index in [0.29, 0.717) is 18.8 Å². The highest BCUT2D eigenvalue weighted by molar-refractivity contribution is 5.36. The van der Waals surface area contributed by atoms with Crippen molar-refractivity contribution in [1.82, 2.24) is 14.5 Å². The normalized spacial score (nSPS) is 9.85. The van der Waals surface area contributed by atoms with Crippen LogP contribution in [0.2, 0.25) is 0 Å². The fourth-order valence-electron chi connectivity index (χ4n) is 1.64. The summed E-state index contributed by atoms with van der Waals surface area (Å²) in [7, 11) is 0. The quantitative estimate of drug-likeness (QED) is 0.638. The predicted molar refractivity (Wildman–Crippen MR) is 75.2 cm³/mol. The first-order valence-corrected chi connectivity index (χ1v) is 6.52. The van der Waals surface area contributed by atoms with Crippen LogP contribution < -0.4 is 4.74 Å². The molecule has 0 aliphatic carbocycles. The number of rotatable bonds is 6. The average Bonchev–Trinajstić information content (AvgIpc) is 2.98.